The number of nitrogens with one attached hydrogen (secondary N) is 1. The van der Waals surface area contributed by atoms with E-state index in [0.717, 1.165) is 12.8 Å². The number of benzene rings is 1. The van der Waals surface area contributed by atoms with Crippen molar-refractivity contribution in [2.45, 2.75) is 31.1 Å². The summed E-state index contributed by atoms with van der Waals surface area (Å²) in [6.45, 7) is 2.89. The van der Waals surface area contributed by atoms with Crippen molar-refractivity contribution < 1.29 is 13.2 Å². The van der Waals surface area contributed by atoms with Gasteiger partial charge >= 0.3 is 0 Å². The van der Waals surface area contributed by atoms with Crippen molar-refractivity contribution in [1.82, 2.24) is 9.62 Å². The van der Waals surface area contributed by atoms with Crippen molar-refractivity contribution in [3.05, 3.63) is 30.3 Å². The molecule has 1 N–H and O–H groups in total. The molecule has 0 atom stereocenters. The zero-order valence-corrected chi connectivity index (χ0v) is 12.8. The smallest absolute Gasteiger partial charge is 0.240 e. The minimum Gasteiger partial charge on any atom is -0.346 e. The first-order valence-electron chi connectivity index (χ1n) is 6.76. The van der Waals surface area contributed by atoms with Crippen LogP contribution in [-0.2, 0) is 14.8 Å². The normalized spacial score (nSPS) is 11.3. The predicted octanol–water partition coefficient (Wildman–Crippen LogP) is 1.61. The Bertz CT molecular complexity index is 514. The molecule has 1 aromatic rings. The Hall–Kier alpha value is -1.40. The lowest BCUT2D eigenvalue weighted by Gasteiger charge is -2.16. The SMILES string of the molecule is CCCCN(C)C(=O)CCNS(=O)(=O)c1ccccc1. The summed E-state index contributed by atoms with van der Waals surface area (Å²) in [6.07, 6.45) is 2.16. The van der Waals surface area contributed by atoms with E-state index in [1.54, 1.807) is 30.1 Å². The molecule has 1 rings (SSSR count). The largest absolute Gasteiger partial charge is 0.346 e. The van der Waals surface area contributed by atoms with Gasteiger partial charge in [0.05, 0.1) is 4.90 Å². The van der Waals surface area contributed by atoms with Crippen molar-refractivity contribution in [2.75, 3.05) is 20.1 Å². The molecule has 0 spiro atoms. The van der Waals surface area contributed by atoms with Crippen LogP contribution in [0.4, 0.5) is 0 Å². The van der Waals surface area contributed by atoms with Crippen LogP contribution in [0.2, 0.25) is 0 Å². The van der Waals surface area contributed by atoms with Crippen LogP contribution >= 0.6 is 0 Å². The number of hydrogen-bond donors (Lipinski definition) is 1. The maximum atomic E-state index is 11.9. The summed E-state index contributed by atoms with van der Waals surface area (Å²) < 4.78 is 26.3. The molecule has 0 bridgehead atoms. The van der Waals surface area contributed by atoms with Crippen LogP contribution in [0.3, 0.4) is 0 Å². The number of sulfonamides is 1. The Labute approximate surface area is 121 Å². The fraction of sp³-hybridized carbons (Fsp3) is 0.500. The zero-order chi connectivity index (χ0) is 15.0. The second kappa shape index (κ2) is 8.01. The highest BCUT2D eigenvalue weighted by Crippen LogP contribution is 2.06. The van der Waals surface area contributed by atoms with Gasteiger partial charge in [-0.05, 0) is 18.6 Å². The molecule has 5 nitrogen and oxygen atoms in total. The van der Waals surface area contributed by atoms with E-state index < -0.39 is 10.0 Å². The number of amides is 1. The molecule has 20 heavy (non-hydrogen) atoms. The van der Waals surface area contributed by atoms with Crippen molar-refractivity contribution in [2.24, 2.45) is 0 Å². The van der Waals surface area contributed by atoms with Crippen molar-refractivity contribution >= 4 is 15.9 Å². The van der Waals surface area contributed by atoms with Gasteiger partial charge in [-0.3, -0.25) is 4.79 Å². The number of nitrogens with zero attached hydrogens (tertiary/aromatic N) is 1. The highest BCUT2D eigenvalue weighted by Gasteiger charge is 2.14. The van der Waals surface area contributed by atoms with Crippen molar-refractivity contribution in [3.63, 3.8) is 0 Å². The highest BCUT2D eigenvalue weighted by atomic mass is 32.2. The van der Waals surface area contributed by atoms with Gasteiger partial charge in [-0.15, -0.1) is 0 Å². The fourth-order valence-corrected chi connectivity index (χ4v) is 2.74. The quantitative estimate of drug-likeness (QED) is 0.793. The Balaban J connectivity index is 2.42. The highest BCUT2D eigenvalue weighted by molar-refractivity contribution is 7.89. The Morgan fingerprint density at radius 1 is 1.25 bits per heavy atom. The molecule has 112 valence electrons. The van der Waals surface area contributed by atoms with E-state index >= 15 is 0 Å². The molecule has 0 aliphatic heterocycles. The molecule has 0 saturated carbocycles. The molecule has 0 fully saturated rings. The molecule has 1 amide bonds. The summed E-state index contributed by atoms with van der Waals surface area (Å²) in [5, 5.41) is 0. The molecule has 0 saturated heterocycles. The molecule has 6 heteroatoms. The van der Waals surface area contributed by atoms with Crippen LogP contribution in [0.25, 0.3) is 0 Å². The third-order valence-corrected chi connectivity index (χ3v) is 4.43. The third-order valence-electron chi connectivity index (χ3n) is 2.96. The van der Waals surface area contributed by atoms with Gasteiger partial charge in [0.15, 0.2) is 0 Å². The van der Waals surface area contributed by atoms with Gasteiger partial charge in [-0.2, -0.15) is 0 Å². The second-order valence-electron chi connectivity index (χ2n) is 4.63. The molecule has 0 aliphatic rings. The average Bonchev–Trinajstić information content (AvgIpc) is 2.45. The van der Waals surface area contributed by atoms with Crippen LogP contribution in [0.5, 0.6) is 0 Å². The third kappa shape index (κ3) is 5.30. The van der Waals surface area contributed by atoms with Crippen LogP contribution in [-0.4, -0.2) is 39.4 Å². The molecular formula is C14H22N2O3S. The van der Waals surface area contributed by atoms with Gasteiger partial charge in [0.2, 0.25) is 15.9 Å². The number of hydrogen-bond acceptors (Lipinski definition) is 3. The summed E-state index contributed by atoms with van der Waals surface area (Å²) >= 11 is 0. The maximum absolute atomic E-state index is 11.9. The van der Waals surface area contributed by atoms with E-state index in [1.807, 2.05) is 0 Å². The monoisotopic (exact) mass is 298 g/mol. The first-order valence-corrected chi connectivity index (χ1v) is 8.24. The molecule has 0 heterocycles. The standard InChI is InChI=1S/C14H22N2O3S/c1-3-4-12-16(2)14(17)10-11-15-20(18,19)13-8-6-5-7-9-13/h5-9,15H,3-4,10-12H2,1-2H3. The molecule has 0 aliphatic carbocycles. The second-order valence-corrected chi connectivity index (χ2v) is 6.40. The van der Waals surface area contributed by atoms with E-state index in [4.69, 9.17) is 0 Å². The molecule has 0 aromatic heterocycles. The topological polar surface area (TPSA) is 66.5 Å². The maximum Gasteiger partial charge on any atom is 0.240 e. The first-order chi connectivity index (χ1) is 9.47. The van der Waals surface area contributed by atoms with Crippen LogP contribution in [0, 0.1) is 0 Å². The van der Waals surface area contributed by atoms with Gasteiger partial charge in [-0.1, -0.05) is 31.5 Å². The summed E-state index contributed by atoms with van der Waals surface area (Å²) in [7, 11) is -1.78. The zero-order valence-electron chi connectivity index (χ0n) is 12.0. The fourth-order valence-electron chi connectivity index (χ4n) is 1.69. The van der Waals surface area contributed by atoms with E-state index in [0.29, 0.717) is 6.54 Å². The van der Waals surface area contributed by atoms with E-state index in [2.05, 4.69) is 11.6 Å². The summed E-state index contributed by atoms with van der Waals surface area (Å²) in [5.74, 6) is -0.0470. The van der Waals surface area contributed by atoms with E-state index in [9.17, 15) is 13.2 Å². The molecular weight excluding hydrogens is 276 g/mol. The Morgan fingerprint density at radius 2 is 1.90 bits per heavy atom. The van der Waals surface area contributed by atoms with Crippen molar-refractivity contribution in [1.29, 1.82) is 0 Å². The Morgan fingerprint density at radius 3 is 2.50 bits per heavy atom. The number of unbranched alkanes of at least 4 members (excludes halogenated alkanes) is 1. The summed E-state index contributed by atoms with van der Waals surface area (Å²) in [4.78, 5) is 13.6. The average molecular weight is 298 g/mol. The minimum atomic E-state index is -3.52. The first kappa shape index (κ1) is 16.7. The molecule has 0 unspecified atom stereocenters. The number of carbonyl (C=O) groups excluding carboxylic acids is 1. The number of rotatable bonds is 8. The Kier molecular flexibility index (Phi) is 6.67. The van der Waals surface area contributed by atoms with E-state index in [-0.39, 0.29) is 23.8 Å². The van der Waals surface area contributed by atoms with Crippen molar-refractivity contribution in [3.8, 4) is 0 Å². The summed E-state index contributed by atoms with van der Waals surface area (Å²) in [6, 6.07) is 8.14. The molecule has 1 aromatic carbocycles. The lowest BCUT2D eigenvalue weighted by atomic mass is 10.3. The summed E-state index contributed by atoms with van der Waals surface area (Å²) in [5.41, 5.74) is 0. The van der Waals surface area contributed by atoms with Gasteiger partial charge in [0.25, 0.3) is 0 Å². The van der Waals surface area contributed by atoms with Gasteiger partial charge in [-0.25, -0.2) is 13.1 Å². The molecule has 0 radical (unpaired) electrons. The lowest BCUT2D eigenvalue weighted by molar-refractivity contribution is -0.129. The van der Waals surface area contributed by atoms with Gasteiger partial charge in [0.1, 0.15) is 0 Å². The predicted molar refractivity (Wildman–Crippen MR) is 78.8 cm³/mol. The van der Waals surface area contributed by atoms with E-state index in [1.165, 1.54) is 12.1 Å². The van der Waals surface area contributed by atoms with Gasteiger partial charge in [0, 0.05) is 26.6 Å². The van der Waals surface area contributed by atoms with Gasteiger partial charge < -0.3 is 4.90 Å². The van der Waals surface area contributed by atoms with Crippen LogP contribution in [0.1, 0.15) is 26.2 Å². The van der Waals surface area contributed by atoms with Crippen LogP contribution in [0.15, 0.2) is 35.2 Å². The number of carbonyl (C=O) groups is 1. The van der Waals surface area contributed by atoms with Crippen LogP contribution < -0.4 is 4.72 Å². The lowest BCUT2D eigenvalue weighted by Crippen LogP contribution is -2.32. The minimum absolute atomic E-state index is 0.0470.